The SMILES string of the molecule is N#CCn1ccc2cc(F)ccc2c1=O. The van der Waals surface area contributed by atoms with Crippen LogP contribution in [0.4, 0.5) is 4.39 Å². The molecule has 0 spiro atoms. The summed E-state index contributed by atoms with van der Waals surface area (Å²) in [5.74, 6) is -0.375. The summed E-state index contributed by atoms with van der Waals surface area (Å²) in [6.45, 7) is 0.00610. The van der Waals surface area contributed by atoms with E-state index in [0.717, 1.165) is 0 Å². The van der Waals surface area contributed by atoms with Gasteiger partial charge in [-0.25, -0.2) is 4.39 Å². The summed E-state index contributed by atoms with van der Waals surface area (Å²) in [7, 11) is 0. The van der Waals surface area contributed by atoms with Crippen molar-refractivity contribution in [3.05, 3.63) is 46.6 Å². The molecule has 0 aliphatic heterocycles. The van der Waals surface area contributed by atoms with E-state index in [9.17, 15) is 9.18 Å². The minimum absolute atomic E-state index is 0.00610. The molecule has 0 N–H and O–H groups in total. The van der Waals surface area contributed by atoms with Crippen LogP contribution in [0.5, 0.6) is 0 Å². The molecular formula is C11H7FN2O. The van der Waals surface area contributed by atoms with Gasteiger partial charge in [-0.3, -0.25) is 4.79 Å². The van der Waals surface area contributed by atoms with Crippen LogP contribution in [0.25, 0.3) is 10.8 Å². The quantitative estimate of drug-likeness (QED) is 0.706. The highest BCUT2D eigenvalue weighted by Gasteiger charge is 2.02. The second-order valence-electron chi connectivity index (χ2n) is 3.14. The first-order valence-corrected chi connectivity index (χ1v) is 4.38. The number of benzene rings is 1. The van der Waals surface area contributed by atoms with Gasteiger partial charge in [-0.15, -0.1) is 0 Å². The van der Waals surface area contributed by atoms with E-state index in [-0.39, 0.29) is 17.9 Å². The molecule has 0 radical (unpaired) electrons. The fraction of sp³-hybridized carbons (Fsp3) is 0.0909. The summed E-state index contributed by atoms with van der Waals surface area (Å²) in [5.41, 5.74) is -0.269. The van der Waals surface area contributed by atoms with Gasteiger partial charge in [0.15, 0.2) is 0 Å². The molecule has 0 saturated carbocycles. The number of pyridine rings is 1. The second-order valence-corrected chi connectivity index (χ2v) is 3.14. The van der Waals surface area contributed by atoms with E-state index in [4.69, 9.17) is 5.26 Å². The highest BCUT2D eigenvalue weighted by Crippen LogP contribution is 2.10. The standard InChI is InChI=1S/C11H7FN2O/c12-9-1-2-10-8(7-9)3-5-14(6-4-13)11(10)15/h1-3,5,7H,6H2. The van der Waals surface area contributed by atoms with Crippen LogP contribution in [0.2, 0.25) is 0 Å². The van der Waals surface area contributed by atoms with E-state index in [1.807, 2.05) is 6.07 Å². The van der Waals surface area contributed by atoms with Gasteiger partial charge in [-0.1, -0.05) is 0 Å². The number of aromatic nitrogens is 1. The van der Waals surface area contributed by atoms with E-state index in [1.54, 1.807) is 6.07 Å². The third-order valence-corrected chi connectivity index (χ3v) is 2.18. The molecule has 0 bridgehead atoms. The highest BCUT2D eigenvalue weighted by atomic mass is 19.1. The van der Waals surface area contributed by atoms with Gasteiger partial charge in [-0.05, 0) is 29.7 Å². The van der Waals surface area contributed by atoms with Gasteiger partial charge in [0, 0.05) is 11.6 Å². The van der Waals surface area contributed by atoms with E-state index >= 15 is 0 Å². The molecule has 0 saturated heterocycles. The molecule has 15 heavy (non-hydrogen) atoms. The average molecular weight is 202 g/mol. The molecule has 0 fully saturated rings. The molecule has 3 nitrogen and oxygen atoms in total. The smallest absolute Gasteiger partial charge is 0.259 e. The number of nitrogens with zero attached hydrogens (tertiary/aromatic N) is 2. The monoisotopic (exact) mass is 202 g/mol. The lowest BCUT2D eigenvalue weighted by atomic mass is 10.2. The number of hydrogen-bond acceptors (Lipinski definition) is 2. The Balaban J connectivity index is 2.76. The van der Waals surface area contributed by atoms with Gasteiger partial charge in [0.2, 0.25) is 0 Å². The van der Waals surface area contributed by atoms with Crippen LogP contribution in [0.1, 0.15) is 0 Å². The topological polar surface area (TPSA) is 45.8 Å². The van der Waals surface area contributed by atoms with Gasteiger partial charge in [0.1, 0.15) is 12.4 Å². The molecule has 4 heteroatoms. The predicted octanol–water partition coefficient (Wildman–Crippen LogP) is 1.66. The van der Waals surface area contributed by atoms with E-state index in [0.29, 0.717) is 10.8 Å². The fourth-order valence-corrected chi connectivity index (χ4v) is 1.46. The van der Waals surface area contributed by atoms with E-state index < -0.39 is 0 Å². The predicted molar refractivity (Wildman–Crippen MR) is 53.8 cm³/mol. The lowest BCUT2D eigenvalue weighted by molar-refractivity contribution is 0.629. The summed E-state index contributed by atoms with van der Waals surface area (Å²) in [5, 5.41) is 9.47. The van der Waals surface area contributed by atoms with E-state index in [2.05, 4.69) is 0 Å². The zero-order valence-electron chi connectivity index (χ0n) is 7.77. The first-order chi connectivity index (χ1) is 7.22. The van der Waals surface area contributed by atoms with Crippen LogP contribution in [-0.4, -0.2) is 4.57 Å². The first kappa shape index (κ1) is 9.41. The van der Waals surface area contributed by atoms with Crippen molar-refractivity contribution in [2.45, 2.75) is 6.54 Å². The van der Waals surface area contributed by atoms with Gasteiger partial charge in [0.05, 0.1) is 6.07 Å². The third kappa shape index (κ3) is 1.59. The number of rotatable bonds is 1. The van der Waals surface area contributed by atoms with Crippen LogP contribution in [0, 0.1) is 17.1 Å². The Hall–Kier alpha value is -2.15. The molecule has 1 aromatic heterocycles. The molecule has 0 unspecified atom stereocenters. The highest BCUT2D eigenvalue weighted by molar-refractivity contribution is 5.81. The normalized spacial score (nSPS) is 10.1. The molecule has 0 aliphatic carbocycles. The van der Waals surface area contributed by atoms with Crippen LogP contribution >= 0.6 is 0 Å². The Morgan fingerprint density at radius 2 is 2.20 bits per heavy atom. The summed E-state index contributed by atoms with van der Waals surface area (Å²) in [6, 6.07) is 7.48. The van der Waals surface area contributed by atoms with E-state index in [1.165, 1.54) is 29.0 Å². The summed E-state index contributed by atoms with van der Waals surface area (Å²) in [4.78, 5) is 11.7. The zero-order valence-corrected chi connectivity index (χ0v) is 7.77. The Labute approximate surface area is 85.0 Å². The number of nitriles is 1. The molecule has 2 rings (SSSR count). The lowest BCUT2D eigenvalue weighted by Crippen LogP contribution is -2.18. The van der Waals surface area contributed by atoms with Crippen molar-refractivity contribution in [1.29, 1.82) is 5.26 Å². The number of hydrogen-bond donors (Lipinski definition) is 0. The number of fused-ring (bicyclic) bond motifs is 1. The minimum atomic E-state index is -0.375. The van der Waals surface area contributed by atoms with Gasteiger partial charge in [-0.2, -0.15) is 5.26 Å². The Bertz CT molecular complexity index is 610. The maximum absolute atomic E-state index is 12.9. The van der Waals surface area contributed by atoms with Crippen molar-refractivity contribution in [2.75, 3.05) is 0 Å². The summed E-state index contributed by atoms with van der Waals surface area (Å²) < 4.78 is 14.1. The van der Waals surface area contributed by atoms with Gasteiger partial charge in [0.25, 0.3) is 5.56 Å². The minimum Gasteiger partial charge on any atom is -0.301 e. The molecule has 0 aliphatic rings. The molecule has 74 valence electrons. The summed E-state index contributed by atoms with van der Waals surface area (Å²) in [6.07, 6.45) is 1.49. The Morgan fingerprint density at radius 3 is 2.93 bits per heavy atom. The number of halogens is 1. The molecular weight excluding hydrogens is 195 g/mol. The molecule has 0 atom stereocenters. The van der Waals surface area contributed by atoms with Gasteiger partial charge < -0.3 is 4.57 Å². The van der Waals surface area contributed by atoms with Crippen molar-refractivity contribution in [1.82, 2.24) is 4.57 Å². The maximum Gasteiger partial charge on any atom is 0.259 e. The van der Waals surface area contributed by atoms with Crippen molar-refractivity contribution >= 4 is 10.8 Å². The van der Waals surface area contributed by atoms with Crippen molar-refractivity contribution < 1.29 is 4.39 Å². The van der Waals surface area contributed by atoms with Crippen LogP contribution in [-0.2, 0) is 6.54 Å². The first-order valence-electron chi connectivity index (χ1n) is 4.38. The molecule has 2 aromatic rings. The Kier molecular flexibility index (Phi) is 2.22. The van der Waals surface area contributed by atoms with Crippen LogP contribution < -0.4 is 5.56 Å². The van der Waals surface area contributed by atoms with Crippen molar-refractivity contribution in [3.63, 3.8) is 0 Å². The zero-order chi connectivity index (χ0) is 10.8. The van der Waals surface area contributed by atoms with Gasteiger partial charge >= 0.3 is 0 Å². The van der Waals surface area contributed by atoms with Crippen molar-refractivity contribution in [3.8, 4) is 6.07 Å². The molecule has 0 amide bonds. The lowest BCUT2D eigenvalue weighted by Gasteiger charge is -2.02. The Morgan fingerprint density at radius 1 is 1.40 bits per heavy atom. The van der Waals surface area contributed by atoms with Crippen molar-refractivity contribution in [2.24, 2.45) is 0 Å². The molecule has 1 aromatic carbocycles. The fourth-order valence-electron chi connectivity index (χ4n) is 1.46. The van der Waals surface area contributed by atoms with Crippen LogP contribution in [0.3, 0.4) is 0 Å². The van der Waals surface area contributed by atoms with Crippen LogP contribution in [0.15, 0.2) is 35.3 Å². The maximum atomic E-state index is 12.9. The molecule has 1 heterocycles. The second kappa shape index (κ2) is 3.54. The third-order valence-electron chi connectivity index (χ3n) is 2.18. The summed E-state index contributed by atoms with van der Waals surface area (Å²) >= 11 is 0. The average Bonchev–Trinajstić information content (AvgIpc) is 2.22. The largest absolute Gasteiger partial charge is 0.301 e.